The third-order valence-electron chi connectivity index (χ3n) is 5.24. The maximum absolute atomic E-state index is 12.8. The van der Waals surface area contributed by atoms with Crippen molar-refractivity contribution in [2.45, 2.75) is 17.6 Å². The van der Waals surface area contributed by atoms with Gasteiger partial charge in [-0.1, -0.05) is 24.3 Å². The van der Waals surface area contributed by atoms with E-state index in [-0.39, 0.29) is 12.5 Å². The molecule has 8 heteroatoms. The van der Waals surface area contributed by atoms with E-state index in [2.05, 4.69) is 21.5 Å². The second-order valence-electron chi connectivity index (χ2n) is 7.34. The lowest BCUT2D eigenvalue weighted by molar-refractivity contribution is 0.0518. The quantitative estimate of drug-likeness (QED) is 0.427. The first-order chi connectivity index (χ1) is 16.2. The van der Waals surface area contributed by atoms with E-state index < -0.39 is 5.97 Å². The average molecular weight is 457 g/mol. The Morgan fingerprint density at radius 1 is 1.12 bits per heavy atom. The van der Waals surface area contributed by atoms with Crippen molar-refractivity contribution in [3.63, 3.8) is 0 Å². The number of nitrogens with zero attached hydrogens (tertiary/aromatic N) is 3. The number of anilines is 1. The monoisotopic (exact) mass is 456 g/mol. The van der Waals surface area contributed by atoms with Crippen molar-refractivity contribution < 1.29 is 14.3 Å². The molecule has 0 saturated carbocycles. The summed E-state index contributed by atoms with van der Waals surface area (Å²) in [5.74, 6) is -0.0906. The summed E-state index contributed by atoms with van der Waals surface area (Å²) < 4.78 is 7.00. The molecule has 1 amide bonds. The van der Waals surface area contributed by atoms with Gasteiger partial charge >= 0.3 is 5.97 Å². The van der Waals surface area contributed by atoms with E-state index in [1.54, 1.807) is 66.1 Å². The Balaban J connectivity index is 1.59. The standard InChI is InChI=1S/C25H20N4O3S/c1-2-32-25(31)22-20-15-33-21-11-4-3-10-19(21)23(20)29(28-22)18-9-5-7-16(13-18)24(30)27-17-8-6-12-26-14-17/h3-14H,2,15H2,1H3,(H,27,30). The van der Waals surface area contributed by atoms with Gasteiger partial charge in [0.25, 0.3) is 5.91 Å². The maximum Gasteiger partial charge on any atom is 0.359 e. The molecule has 0 fully saturated rings. The van der Waals surface area contributed by atoms with Crippen molar-refractivity contribution in [3.8, 4) is 16.9 Å². The van der Waals surface area contributed by atoms with E-state index in [0.717, 1.165) is 21.7 Å². The van der Waals surface area contributed by atoms with Crippen molar-refractivity contribution in [3.05, 3.63) is 89.9 Å². The number of hydrogen-bond donors (Lipinski definition) is 1. The van der Waals surface area contributed by atoms with Gasteiger partial charge in [0.15, 0.2) is 5.69 Å². The Kier molecular flexibility index (Phi) is 5.66. The molecular formula is C25H20N4O3S. The number of pyridine rings is 1. The second kappa shape index (κ2) is 8.91. The summed E-state index contributed by atoms with van der Waals surface area (Å²) in [5.41, 5.74) is 4.75. The molecule has 2 aromatic heterocycles. The summed E-state index contributed by atoms with van der Waals surface area (Å²) in [5, 5.41) is 7.50. The van der Waals surface area contributed by atoms with Gasteiger partial charge in [-0.2, -0.15) is 5.10 Å². The molecule has 0 atom stereocenters. The number of thioether (sulfide) groups is 1. The van der Waals surface area contributed by atoms with Crippen LogP contribution in [0.5, 0.6) is 0 Å². The van der Waals surface area contributed by atoms with Gasteiger partial charge in [0.2, 0.25) is 0 Å². The maximum atomic E-state index is 12.8. The van der Waals surface area contributed by atoms with Crippen molar-refractivity contribution in [1.82, 2.24) is 14.8 Å². The number of fused-ring (bicyclic) bond motifs is 3. The SMILES string of the molecule is CCOC(=O)c1nn(-c2cccc(C(=O)Nc3cccnc3)c2)c2c1CSc1ccccc1-2. The van der Waals surface area contributed by atoms with Crippen molar-refractivity contribution in [1.29, 1.82) is 0 Å². The lowest BCUT2D eigenvalue weighted by Gasteiger charge is -2.18. The lowest BCUT2D eigenvalue weighted by atomic mass is 10.1. The van der Waals surface area contributed by atoms with Crippen LogP contribution < -0.4 is 5.32 Å². The predicted octanol–water partition coefficient (Wildman–Crippen LogP) is 4.97. The normalized spacial score (nSPS) is 11.9. The third kappa shape index (κ3) is 4.01. The molecule has 0 aliphatic carbocycles. The molecular weight excluding hydrogens is 436 g/mol. The first-order valence-electron chi connectivity index (χ1n) is 10.5. The van der Waals surface area contributed by atoms with Crippen LogP contribution in [0.4, 0.5) is 5.69 Å². The third-order valence-corrected chi connectivity index (χ3v) is 6.34. The van der Waals surface area contributed by atoms with E-state index in [0.29, 0.717) is 28.4 Å². The number of carbonyl (C=O) groups is 2. The van der Waals surface area contributed by atoms with Crippen molar-refractivity contribution in [2.75, 3.05) is 11.9 Å². The molecule has 2 aromatic carbocycles. The summed E-state index contributed by atoms with van der Waals surface area (Å²) in [6.07, 6.45) is 3.24. The number of amides is 1. The van der Waals surface area contributed by atoms with Crippen LogP contribution in [0.2, 0.25) is 0 Å². The number of nitrogens with one attached hydrogen (secondary N) is 1. The highest BCUT2D eigenvalue weighted by Crippen LogP contribution is 2.43. The van der Waals surface area contributed by atoms with E-state index in [4.69, 9.17) is 4.74 Å². The summed E-state index contributed by atoms with van der Waals surface area (Å²) >= 11 is 1.67. The van der Waals surface area contributed by atoms with Crippen molar-refractivity contribution in [2.24, 2.45) is 0 Å². The van der Waals surface area contributed by atoms with E-state index in [1.165, 1.54) is 0 Å². The van der Waals surface area contributed by atoms with Crippen LogP contribution in [0.3, 0.4) is 0 Å². The minimum absolute atomic E-state index is 0.257. The van der Waals surface area contributed by atoms with Crippen LogP contribution in [-0.2, 0) is 10.5 Å². The van der Waals surface area contributed by atoms with Crippen LogP contribution in [0.25, 0.3) is 16.9 Å². The van der Waals surface area contributed by atoms with E-state index >= 15 is 0 Å². The minimum Gasteiger partial charge on any atom is -0.461 e. The first kappa shape index (κ1) is 21.0. The smallest absolute Gasteiger partial charge is 0.359 e. The van der Waals surface area contributed by atoms with Gasteiger partial charge in [0, 0.05) is 33.5 Å². The molecule has 0 bridgehead atoms. The molecule has 0 spiro atoms. The molecule has 3 heterocycles. The molecule has 4 aromatic rings. The Morgan fingerprint density at radius 3 is 2.82 bits per heavy atom. The minimum atomic E-state index is -0.446. The van der Waals surface area contributed by atoms with Crippen LogP contribution in [-0.4, -0.2) is 33.2 Å². The first-order valence-corrected chi connectivity index (χ1v) is 11.5. The molecule has 5 rings (SSSR count). The van der Waals surface area contributed by atoms with Crippen LogP contribution in [0.15, 0.2) is 78.0 Å². The highest BCUT2D eigenvalue weighted by molar-refractivity contribution is 7.98. The summed E-state index contributed by atoms with van der Waals surface area (Å²) in [4.78, 5) is 30.7. The number of esters is 1. The van der Waals surface area contributed by atoms with Gasteiger partial charge in [-0.25, -0.2) is 9.48 Å². The average Bonchev–Trinajstić information content (AvgIpc) is 3.25. The van der Waals surface area contributed by atoms with Crippen LogP contribution in [0, 0.1) is 0 Å². The molecule has 7 nitrogen and oxygen atoms in total. The number of hydrogen-bond acceptors (Lipinski definition) is 6. The largest absolute Gasteiger partial charge is 0.461 e. The molecule has 33 heavy (non-hydrogen) atoms. The Hall–Kier alpha value is -3.91. The Labute approximate surface area is 194 Å². The van der Waals surface area contributed by atoms with Gasteiger partial charge in [-0.15, -0.1) is 11.8 Å². The number of aromatic nitrogens is 3. The number of ether oxygens (including phenoxy) is 1. The van der Waals surface area contributed by atoms with Gasteiger partial charge in [-0.05, 0) is 43.3 Å². The Morgan fingerprint density at radius 2 is 2.00 bits per heavy atom. The number of rotatable bonds is 5. The molecule has 0 radical (unpaired) electrons. The van der Waals surface area contributed by atoms with Gasteiger partial charge in [0.1, 0.15) is 0 Å². The van der Waals surface area contributed by atoms with Crippen LogP contribution >= 0.6 is 11.8 Å². The van der Waals surface area contributed by atoms with Crippen LogP contribution in [0.1, 0.15) is 33.3 Å². The predicted molar refractivity (Wildman–Crippen MR) is 127 cm³/mol. The zero-order valence-corrected chi connectivity index (χ0v) is 18.6. The van der Waals surface area contributed by atoms with Gasteiger partial charge < -0.3 is 10.1 Å². The highest BCUT2D eigenvalue weighted by Gasteiger charge is 2.30. The molecule has 1 aliphatic rings. The molecule has 1 N–H and O–H groups in total. The van der Waals surface area contributed by atoms with Crippen molar-refractivity contribution >= 4 is 29.3 Å². The van der Waals surface area contributed by atoms with E-state index in [1.807, 2.05) is 24.3 Å². The number of benzene rings is 2. The fraction of sp³-hybridized carbons (Fsp3) is 0.120. The van der Waals surface area contributed by atoms with E-state index in [9.17, 15) is 9.59 Å². The molecule has 1 aliphatic heterocycles. The molecule has 0 unspecified atom stereocenters. The fourth-order valence-corrected chi connectivity index (χ4v) is 4.84. The number of carbonyl (C=O) groups excluding carboxylic acids is 2. The summed E-state index contributed by atoms with van der Waals surface area (Å²) in [7, 11) is 0. The topological polar surface area (TPSA) is 86.1 Å². The van der Waals surface area contributed by atoms with Gasteiger partial charge in [0.05, 0.1) is 29.9 Å². The summed E-state index contributed by atoms with van der Waals surface area (Å²) in [6.45, 7) is 2.05. The summed E-state index contributed by atoms with van der Waals surface area (Å²) in [6, 6.07) is 18.7. The molecule has 164 valence electrons. The Bertz CT molecular complexity index is 1350. The zero-order chi connectivity index (χ0) is 22.8. The highest BCUT2D eigenvalue weighted by atomic mass is 32.2. The molecule has 0 saturated heterocycles. The lowest BCUT2D eigenvalue weighted by Crippen LogP contribution is -2.13. The fourth-order valence-electron chi connectivity index (χ4n) is 3.77. The zero-order valence-electron chi connectivity index (χ0n) is 17.8. The van der Waals surface area contributed by atoms with Gasteiger partial charge in [-0.3, -0.25) is 9.78 Å². The second-order valence-corrected chi connectivity index (χ2v) is 8.36.